The summed E-state index contributed by atoms with van der Waals surface area (Å²) in [6.45, 7) is 3.94. The van der Waals surface area contributed by atoms with Crippen molar-refractivity contribution in [2.75, 3.05) is 19.0 Å². The Balaban J connectivity index is 2.02. The topological polar surface area (TPSA) is 12.5 Å². The van der Waals surface area contributed by atoms with E-state index in [2.05, 4.69) is 4.90 Å². The second-order valence-electron chi connectivity index (χ2n) is 5.08. The van der Waals surface area contributed by atoms with Crippen LogP contribution in [0.2, 0.25) is 0 Å². The van der Waals surface area contributed by atoms with Crippen molar-refractivity contribution in [2.24, 2.45) is 0 Å². The lowest BCUT2D eigenvalue weighted by Crippen LogP contribution is -2.48. The van der Waals surface area contributed by atoms with Crippen LogP contribution in [-0.4, -0.2) is 36.1 Å². The van der Waals surface area contributed by atoms with Crippen molar-refractivity contribution < 1.29 is 17.9 Å². The van der Waals surface area contributed by atoms with E-state index in [1.807, 2.05) is 6.92 Å². The molecule has 20 heavy (non-hydrogen) atoms. The highest BCUT2D eigenvalue weighted by Crippen LogP contribution is 2.29. The van der Waals surface area contributed by atoms with Gasteiger partial charge in [-0.15, -0.1) is 11.6 Å². The molecule has 1 aliphatic rings. The Bertz CT molecular complexity index is 435. The molecule has 6 heteroatoms. The highest BCUT2D eigenvalue weighted by Gasteiger charge is 2.30. The number of rotatable bonds is 3. The number of nitrogens with zero attached hydrogens (tertiary/aromatic N) is 1. The number of morpholine rings is 1. The molecule has 0 bridgehead atoms. The van der Waals surface area contributed by atoms with Gasteiger partial charge in [0.25, 0.3) is 0 Å². The van der Waals surface area contributed by atoms with Crippen molar-refractivity contribution in [1.29, 1.82) is 0 Å². The molecular formula is C14H17ClF3NO. The maximum Gasteiger partial charge on any atom is 0.416 e. The Kier molecular flexibility index (Phi) is 4.94. The number of hydrogen-bond acceptors (Lipinski definition) is 2. The van der Waals surface area contributed by atoms with E-state index in [0.29, 0.717) is 25.6 Å². The predicted molar refractivity (Wildman–Crippen MR) is 71.8 cm³/mol. The third-order valence-corrected chi connectivity index (χ3v) is 3.82. The van der Waals surface area contributed by atoms with Gasteiger partial charge >= 0.3 is 6.18 Å². The van der Waals surface area contributed by atoms with Gasteiger partial charge in [-0.3, -0.25) is 4.90 Å². The van der Waals surface area contributed by atoms with Crippen molar-refractivity contribution in [3.05, 3.63) is 35.4 Å². The molecule has 0 aromatic heterocycles. The van der Waals surface area contributed by atoms with Gasteiger partial charge in [0.05, 0.1) is 18.3 Å². The molecule has 2 rings (SSSR count). The average Bonchev–Trinajstić information content (AvgIpc) is 2.41. The Morgan fingerprint density at radius 1 is 1.30 bits per heavy atom. The summed E-state index contributed by atoms with van der Waals surface area (Å²) >= 11 is 5.79. The Labute approximate surface area is 121 Å². The Morgan fingerprint density at radius 3 is 2.50 bits per heavy atom. The third kappa shape index (κ3) is 3.87. The zero-order chi connectivity index (χ0) is 14.8. The number of alkyl halides is 4. The van der Waals surface area contributed by atoms with Gasteiger partial charge in [-0.25, -0.2) is 0 Å². The van der Waals surface area contributed by atoms with Crippen LogP contribution < -0.4 is 0 Å². The largest absolute Gasteiger partial charge is 0.416 e. The van der Waals surface area contributed by atoms with E-state index in [1.165, 1.54) is 12.1 Å². The second-order valence-corrected chi connectivity index (χ2v) is 5.39. The quantitative estimate of drug-likeness (QED) is 0.792. The van der Waals surface area contributed by atoms with Crippen LogP contribution in [0.15, 0.2) is 24.3 Å². The monoisotopic (exact) mass is 307 g/mol. The maximum atomic E-state index is 12.5. The molecule has 1 heterocycles. The van der Waals surface area contributed by atoms with E-state index in [-0.39, 0.29) is 12.1 Å². The molecule has 0 spiro atoms. The van der Waals surface area contributed by atoms with Gasteiger partial charge in [-0.1, -0.05) is 12.1 Å². The average molecular weight is 308 g/mol. The van der Waals surface area contributed by atoms with Crippen LogP contribution in [0.5, 0.6) is 0 Å². The van der Waals surface area contributed by atoms with Gasteiger partial charge in [0.15, 0.2) is 0 Å². The molecule has 112 valence electrons. The predicted octanol–water partition coefficient (Wildman–Crippen LogP) is 3.53. The smallest absolute Gasteiger partial charge is 0.374 e. The third-order valence-electron chi connectivity index (χ3n) is 3.47. The lowest BCUT2D eigenvalue weighted by Gasteiger charge is -2.37. The van der Waals surface area contributed by atoms with Crippen molar-refractivity contribution in [3.8, 4) is 0 Å². The molecule has 2 atom stereocenters. The number of ether oxygens (including phenoxy) is 1. The first kappa shape index (κ1) is 15.6. The SMILES string of the molecule is CC1COC(CCl)CN1Cc1ccc(C(F)(F)F)cc1. The summed E-state index contributed by atoms with van der Waals surface area (Å²) in [6, 6.07) is 5.54. The van der Waals surface area contributed by atoms with Gasteiger partial charge in [-0.2, -0.15) is 13.2 Å². The second kappa shape index (κ2) is 6.33. The molecule has 1 aliphatic heterocycles. The molecule has 0 amide bonds. The summed E-state index contributed by atoms with van der Waals surface area (Å²) in [5, 5.41) is 0. The van der Waals surface area contributed by atoms with Crippen LogP contribution in [0.4, 0.5) is 13.2 Å². The number of benzene rings is 1. The van der Waals surface area contributed by atoms with E-state index in [1.54, 1.807) is 0 Å². The first-order valence-electron chi connectivity index (χ1n) is 6.48. The van der Waals surface area contributed by atoms with Gasteiger partial charge in [0, 0.05) is 25.0 Å². The van der Waals surface area contributed by atoms with Gasteiger partial charge in [0.2, 0.25) is 0 Å². The normalized spacial score (nSPS) is 24.9. The van der Waals surface area contributed by atoms with E-state index >= 15 is 0 Å². The highest BCUT2D eigenvalue weighted by atomic mass is 35.5. The molecule has 0 saturated carbocycles. The van der Waals surface area contributed by atoms with Crippen LogP contribution in [0.25, 0.3) is 0 Å². The molecule has 1 fully saturated rings. The first-order valence-corrected chi connectivity index (χ1v) is 7.01. The van der Waals surface area contributed by atoms with Gasteiger partial charge < -0.3 is 4.74 Å². The minimum absolute atomic E-state index is 0.0117. The highest BCUT2D eigenvalue weighted by molar-refractivity contribution is 6.18. The van der Waals surface area contributed by atoms with Crippen LogP contribution in [-0.2, 0) is 17.5 Å². The summed E-state index contributed by atoms with van der Waals surface area (Å²) in [7, 11) is 0. The number of hydrogen-bond donors (Lipinski definition) is 0. The molecule has 0 radical (unpaired) electrons. The van der Waals surface area contributed by atoms with Gasteiger partial charge in [0.1, 0.15) is 0 Å². The fourth-order valence-electron chi connectivity index (χ4n) is 2.22. The first-order chi connectivity index (χ1) is 9.40. The van der Waals surface area contributed by atoms with Crippen molar-refractivity contribution in [1.82, 2.24) is 4.90 Å². The minimum Gasteiger partial charge on any atom is -0.374 e. The fraction of sp³-hybridized carbons (Fsp3) is 0.571. The van der Waals surface area contributed by atoms with Crippen LogP contribution in [0.1, 0.15) is 18.1 Å². The number of halogens is 4. The zero-order valence-corrected chi connectivity index (χ0v) is 11.9. The summed E-state index contributed by atoms with van der Waals surface area (Å²) in [6.07, 6.45) is -4.29. The Hall–Kier alpha value is -0.780. The molecule has 0 aliphatic carbocycles. The molecule has 0 N–H and O–H groups in total. The van der Waals surface area contributed by atoms with Crippen molar-refractivity contribution >= 4 is 11.6 Å². The lowest BCUT2D eigenvalue weighted by atomic mass is 10.1. The Morgan fingerprint density at radius 2 is 1.95 bits per heavy atom. The summed E-state index contributed by atoms with van der Waals surface area (Å²) < 4.78 is 43.0. The van der Waals surface area contributed by atoms with Crippen LogP contribution >= 0.6 is 11.6 Å². The molecular weight excluding hydrogens is 291 g/mol. The zero-order valence-electron chi connectivity index (χ0n) is 11.2. The minimum atomic E-state index is -4.28. The molecule has 1 saturated heterocycles. The molecule has 2 nitrogen and oxygen atoms in total. The molecule has 2 unspecified atom stereocenters. The fourth-order valence-corrected chi connectivity index (χ4v) is 2.41. The van der Waals surface area contributed by atoms with E-state index in [4.69, 9.17) is 16.3 Å². The van der Waals surface area contributed by atoms with Gasteiger partial charge in [-0.05, 0) is 24.6 Å². The van der Waals surface area contributed by atoms with E-state index in [9.17, 15) is 13.2 Å². The summed E-state index contributed by atoms with van der Waals surface area (Å²) in [5.41, 5.74) is 0.245. The summed E-state index contributed by atoms with van der Waals surface area (Å²) in [5.74, 6) is 0.427. The van der Waals surface area contributed by atoms with E-state index < -0.39 is 11.7 Å². The van der Waals surface area contributed by atoms with Crippen LogP contribution in [0.3, 0.4) is 0 Å². The molecule has 1 aromatic rings. The standard InChI is InChI=1S/C14H17ClF3NO/c1-10-9-20-13(6-15)8-19(10)7-11-2-4-12(5-3-11)14(16,17)18/h2-5,10,13H,6-9H2,1H3. The van der Waals surface area contributed by atoms with Crippen molar-refractivity contribution in [3.63, 3.8) is 0 Å². The van der Waals surface area contributed by atoms with E-state index in [0.717, 1.165) is 17.7 Å². The maximum absolute atomic E-state index is 12.5. The lowest BCUT2D eigenvalue weighted by molar-refractivity contribution is -0.137. The van der Waals surface area contributed by atoms with Crippen LogP contribution in [0, 0.1) is 0 Å². The van der Waals surface area contributed by atoms with Crippen molar-refractivity contribution in [2.45, 2.75) is 31.8 Å². The summed E-state index contributed by atoms with van der Waals surface area (Å²) in [4.78, 5) is 2.18. The molecule has 1 aromatic carbocycles.